The topological polar surface area (TPSA) is 55.9 Å². The Bertz CT molecular complexity index is 743. The van der Waals surface area contributed by atoms with E-state index in [1.807, 2.05) is 41.2 Å². The van der Waals surface area contributed by atoms with Gasteiger partial charge in [-0.15, -0.1) is 11.3 Å². The fourth-order valence-corrected chi connectivity index (χ4v) is 5.39. The molecule has 1 N–H and O–H groups in total. The molecule has 2 amide bonds. The van der Waals surface area contributed by atoms with Crippen molar-refractivity contribution in [3.63, 3.8) is 0 Å². The molecule has 0 spiro atoms. The summed E-state index contributed by atoms with van der Waals surface area (Å²) in [7, 11) is 0. The molecule has 0 atom stereocenters. The Balaban J connectivity index is 1.19. The average Bonchev–Trinajstić information content (AvgIpc) is 3.31. The first-order valence-corrected chi connectivity index (χ1v) is 12.8. The van der Waals surface area contributed by atoms with Crippen LogP contribution >= 0.6 is 23.6 Å². The SMILES string of the molecule is CC1(C)C(=O)NC(=S)N1CCCCCCCCN1CCN(C(=O)Cc2cccs2)CC1. The van der Waals surface area contributed by atoms with Crippen LogP contribution in [0.5, 0.6) is 0 Å². The standard InChI is InChI=1S/C23H36N4O2S2/c1-23(2)21(29)24-22(30)27(23)12-8-6-4-3-5-7-11-25-13-15-26(16-14-25)20(28)18-19-10-9-17-31-19/h9-10,17H,3-8,11-16,18H2,1-2H3,(H,24,29,30). The molecule has 0 radical (unpaired) electrons. The highest BCUT2D eigenvalue weighted by Crippen LogP contribution is 2.22. The number of carbonyl (C=O) groups excluding carboxylic acids is 2. The van der Waals surface area contributed by atoms with Crippen molar-refractivity contribution in [2.75, 3.05) is 39.3 Å². The van der Waals surface area contributed by atoms with Crippen molar-refractivity contribution < 1.29 is 9.59 Å². The zero-order chi connectivity index (χ0) is 22.3. The Morgan fingerprint density at radius 3 is 2.29 bits per heavy atom. The summed E-state index contributed by atoms with van der Waals surface area (Å²) in [6, 6.07) is 4.05. The van der Waals surface area contributed by atoms with Gasteiger partial charge in [-0.1, -0.05) is 31.7 Å². The van der Waals surface area contributed by atoms with Crippen molar-refractivity contribution in [2.24, 2.45) is 0 Å². The molecule has 1 aromatic rings. The van der Waals surface area contributed by atoms with Gasteiger partial charge in [-0.2, -0.15) is 0 Å². The third kappa shape index (κ3) is 6.73. The van der Waals surface area contributed by atoms with Crippen LogP contribution in [0.2, 0.25) is 0 Å². The van der Waals surface area contributed by atoms with Gasteiger partial charge in [0.05, 0.1) is 6.42 Å². The first-order chi connectivity index (χ1) is 14.9. The molecule has 2 aliphatic heterocycles. The average molecular weight is 465 g/mol. The third-order valence-corrected chi connectivity index (χ3v) is 7.63. The van der Waals surface area contributed by atoms with Gasteiger partial charge in [-0.05, 0) is 56.9 Å². The highest BCUT2D eigenvalue weighted by molar-refractivity contribution is 7.80. The van der Waals surface area contributed by atoms with Crippen molar-refractivity contribution in [3.05, 3.63) is 22.4 Å². The van der Waals surface area contributed by atoms with E-state index in [0.29, 0.717) is 11.5 Å². The van der Waals surface area contributed by atoms with Gasteiger partial charge in [0.2, 0.25) is 5.91 Å². The lowest BCUT2D eigenvalue weighted by atomic mass is 10.0. The number of carbonyl (C=O) groups is 2. The quantitative estimate of drug-likeness (QED) is 0.402. The molecule has 31 heavy (non-hydrogen) atoms. The molecule has 0 aromatic carbocycles. The van der Waals surface area contributed by atoms with Crippen molar-refractivity contribution in [3.8, 4) is 0 Å². The smallest absolute Gasteiger partial charge is 0.251 e. The zero-order valence-corrected chi connectivity index (χ0v) is 20.5. The summed E-state index contributed by atoms with van der Waals surface area (Å²) in [4.78, 5) is 32.0. The number of nitrogens with one attached hydrogen (secondary N) is 1. The number of hydrogen-bond donors (Lipinski definition) is 1. The maximum atomic E-state index is 12.4. The molecule has 6 nitrogen and oxygen atoms in total. The van der Waals surface area contributed by atoms with Crippen LogP contribution in [-0.4, -0.2) is 76.4 Å². The number of thiophene rings is 1. The van der Waals surface area contributed by atoms with Crippen LogP contribution in [0.4, 0.5) is 0 Å². The highest BCUT2D eigenvalue weighted by Gasteiger charge is 2.42. The molecule has 0 bridgehead atoms. The minimum Gasteiger partial charge on any atom is -0.340 e. The van der Waals surface area contributed by atoms with Crippen molar-refractivity contribution in [1.82, 2.24) is 20.0 Å². The normalized spacial score (nSPS) is 19.2. The van der Waals surface area contributed by atoms with Crippen LogP contribution in [0, 0.1) is 0 Å². The van der Waals surface area contributed by atoms with Crippen molar-refractivity contribution in [1.29, 1.82) is 0 Å². The van der Waals surface area contributed by atoms with Crippen molar-refractivity contribution in [2.45, 2.75) is 64.3 Å². The molecule has 172 valence electrons. The lowest BCUT2D eigenvalue weighted by Crippen LogP contribution is -2.49. The Hall–Kier alpha value is -1.51. The Labute approximate surface area is 196 Å². The van der Waals surface area contributed by atoms with E-state index in [1.54, 1.807) is 11.3 Å². The lowest BCUT2D eigenvalue weighted by Gasteiger charge is -2.34. The molecule has 0 saturated carbocycles. The molecule has 3 heterocycles. The Morgan fingerprint density at radius 1 is 1.06 bits per heavy atom. The molecule has 2 saturated heterocycles. The highest BCUT2D eigenvalue weighted by atomic mass is 32.1. The van der Waals surface area contributed by atoms with Crippen LogP contribution in [0.1, 0.15) is 57.2 Å². The second-order valence-corrected chi connectivity index (χ2v) is 10.5. The summed E-state index contributed by atoms with van der Waals surface area (Å²) in [5.74, 6) is 0.269. The Kier molecular flexibility index (Phi) is 8.86. The monoisotopic (exact) mass is 464 g/mol. The predicted molar refractivity (Wildman–Crippen MR) is 130 cm³/mol. The van der Waals surface area contributed by atoms with Gasteiger partial charge in [-0.25, -0.2) is 0 Å². The number of nitrogens with zero attached hydrogens (tertiary/aromatic N) is 3. The molecular formula is C23H36N4O2S2. The fourth-order valence-electron chi connectivity index (χ4n) is 4.28. The maximum Gasteiger partial charge on any atom is 0.251 e. The maximum absolute atomic E-state index is 12.4. The van der Waals surface area contributed by atoms with Gasteiger partial charge < -0.3 is 15.1 Å². The van der Waals surface area contributed by atoms with Gasteiger partial charge in [0, 0.05) is 37.6 Å². The number of hydrogen-bond acceptors (Lipinski definition) is 5. The minimum absolute atomic E-state index is 0.00482. The van der Waals surface area contributed by atoms with Crippen LogP contribution in [0.3, 0.4) is 0 Å². The molecule has 2 aliphatic rings. The van der Waals surface area contributed by atoms with Crippen molar-refractivity contribution >= 4 is 40.5 Å². The van der Waals surface area contributed by atoms with E-state index in [1.165, 1.54) is 32.1 Å². The summed E-state index contributed by atoms with van der Waals surface area (Å²) >= 11 is 6.94. The third-order valence-electron chi connectivity index (χ3n) is 6.43. The number of thiocarbonyl (C=S) groups is 1. The van der Waals surface area contributed by atoms with E-state index in [-0.39, 0.29) is 11.8 Å². The zero-order valence-electron chi connectivity index (χ0n) is 18.9. The van der Waals surface area contributed by atoms with Gasteiger partial charge in [0.1, 0.15) is 5.54 Å². The van der Waals surface area contributed by atoms with Crippen LogP contribution in [-0.2, 0) is 16.0 Å². The number of piperazine rings is 1. The molecule has 1 aromatic heterocycles. The minimum atomic E-state index is -0.518. The van der Waals surface area contributed by atoms with E-state index in [9.17, 15) is 9.59 Å². The lowest BCUT2D eigenvalue weighted by molar-refractivity contribution is -0.132. The van der Waals surface area contributed by atoms with Crippen LogP contribution in [0.25, 0.3) is 0 Å². The number of amides is 2. The predicted octanol–water partition coefficient (Wildman–Crippen LogP) is 3.27. The first-order valence-electron chi connectivity index (χ1n) is 11.5. The summed E-state index contributed by atoms with van der Waals surface area (Å²) in [5.41, 5.74) is -0.518. The first kappa shape index (κ1) is 24.1. The number of unbranched alkanes of at least 4 members (excludes halogenated alkanes) is 5. The fraction of sp³-hybridized carbons (Fsp3) is 0.696. The molecule has 8 heteroatoms. The van der Waals surface area contributed by atoms with Crippen LogP contribution in [0.15, 0.2) is 17.5 Å². The second-order valence-electron chi connectivity index (χ2n) is 9.07. The van der Waals surface area contributed by atoms with E-state index in [4.69, 9.17) is 12.2 Å². The molecular weight excluding hydrogens is 428 g/mol. The molecule has 2 fully saturated rings. The van der Waals surface area contributed by atoms with E-state index >= 15 is 0 Å². The van der Waals surface area contributed by atoms with E-state index in [0.717, 1.165) is 50.6 Å². The summed E-state index contributed by atoms with van der Waals surface area (Å²) in [5, 5.41) is 5.37. The summed E-state index contributed by atoms with van der Waals surface area (Å²) in [6.07, 6.45) is 7.76. The largest absolute Gasteiger partial charge is 0.340 e. The molecule has 0 unspecified atom stereocenters. The van der Waals surface area contributed by atoms with Crippen LogP contribution < -0.4 is 5.32 Å². The van der Waals surface area contributed by atoms with E-state index < -0.39 is 5.54 Å². The molecule has 0 aliphatic carbocycles. The van der Waals surface area contributed by atoms with Gasteiger partial charge in [0.15, 0.2) is 5.11 Å². The van der Waals surface area contributed by atoms with Gasteiger partial charge >= 0.3 is 0 Å². The summed E-state index contributed by atoms with van der Waals surface area (Å²) in [6.45, 7) is 9.55. The summed E-state index contributed by atoms with van der Waals surface area (Å²) < 4.78 is 0. The van der Waals surface area contributed by atoms with Gasteiger partial charge in [0.25, 0.3) is 5.91 Å². The van der Waals surface area contributed by atoms with Gasteiger partial charge in [-0.3, -0.25) is 14.5 Å². The number of rotatable bonds is 11. The Morgan fingerprint density at radius 2 is 1.71 bits per heavy atom. The second kappa shape index (κ2) is 11.4. The molecule has 3 rings (SSSR count). The van der Waals surface area contributed by atoms with E-state index in [2.05, 4.69) is 10.2 Å².